The van der Waals surface area contributed by atoms with Gasteiger partial charge < -0.3 is 5.73 Å². The third-order valence-corrected chi connectivity index (χ3v) is 3.82. The molecule has 2 rings (SSSR count). The lowest BCUT2D eigenvalue weighted by atomic mass is 10.0. The molecule has 0 fully saturated rings. The molecule has 0 spiro atoms. The van der Waals surface area contributed by atoms with Crippen LogP contribution in [0.2, 0.25) is 5.02 Å². The number of aromatic nitrogens is 2. The van der Waals surface area contributed by atoms with Crippen molar-refractivity contribution in [2.45, 2.75) is 32.4 Å². The molecule has 0 aliphatic carbocycles. The van der Waals surface area contributed by atoms with E-state index in [-0.39, 0.29) is 6.04 Å². The lowest BCUT2D eigenvalue weighted by Gasteiger charge is -2.13. The lowest BCUT2D eigenvalue weighted by molar-refractivity contribution is 0.522. The molecule has 3 nitrogen and oxygen atoms in total. The van der Waals surface area contributed by atoms with E-state index in [1.54, 1.807) is 0 Å². The van der Waals surface area contributed by atoms with Gasteiger partial charge in [-0.05, 0) is 43.7 Å². The smallest absolute Gasteiger partial charge is 0.0643 e. The Morgan fingerprint density at radius 1 is 1.37 bits per heavy atom. The van der Waals surface area contributed by atoms with Gasteiger partial charge in [-0.25, -0.2) is 0 Å². The third-order valence-electron chi connectivity index (χ3n) is 2.98. The first-order valence-electron chi connectivity index (χ1n) is 6.22. The maximum absolute atomic E-state index is 6.23. The molecule has 0 aliphatic heterocycles. The van der Waals surface area contributed by atoms with E-state index in [1.807, 2.05) is 35.1 Å². The third kappa shape index (κ3) is 3.59. The van der Waals surface area contributed by atoms with Gasteiger partial charge in [-0.2, -0.15) is 5.10 Å². The molecule has 0 saturated heterocycles. The van der Waals surface area contributed by atoms with Crippen LogP contribution in [-0.2, 0) is 6.42 Å². The molecule has 2 N–H and O–H groups in total. The Balaban J connectivity index is 2.15. The first-order valence-corrected chi connectivity index (χ1v) is 7.39. The summed E-state index contributed by atoms with van der Waals surface area (Å²) in [6.07, 6.45) is 2.66. The first kappa shape index (κ1) is 14.6. The summed E-state index contributed by atoms with van der Waals surface area (Å²) in [6, 6.07) is 7.94. The van der Waals surface area contributed by atoms with Crippen LogP contribution in [0.3, 0.4) is 0 Å². The zero-order valence-electron chi connectivity index (χ0n) is 11.0. The van der Waals surface area contributed by atoms with Crippen molar-refractivity contribution in [3.8, 4) is 0 Å². The average Bonchev–Trinajstić information content (AvgIpc) is 2.80. The summed E-state index contributed by atoms with van der Waals surface area (Å²) in [5, 5.41) is 5.20. The van der Waals surface area contributed by atoms with Crippen LogP contribution in [0, 0.1) is 0 Å². The molecule has 0 radical (unpaired) electrons. The number of benzene rings is 1. The summed E-state index contributed by atoms with van der Waals surface area (Å²) < 4.78 is 2.92. The van der Waals surface area contributed by atoms with Gasteiger partial charge in [-0.15, -0.1) is 0 Å². The number of hydrogen-bond acceptors (Lipinski definition) is 2. The van der Waals surface area contributed by atoms with E-state index in [1.165, 1.54) is 0 Å². The minimum atomic E-state index is -0.152. The van der Waals surface area contributed by atoms with E-state index >= 15 is 0 Å². The molecule has 1 heterocycles. The van der Waals surface area contributed by atoms with Gasteiger partial charge in [0.2, 0.25) is 0 Å². The summed E-state index contributed by atoms with van der Waals surface area (Å²) in [5.41, 5.74) is 8.15. The van der Waals surface area contributed by atoms with Crippen molar-refractivity contribution in [2.75, 3.05) is 0 Å². The molecule has 1 atom stereocenters. The number of rotatable bonds is 4. The van der Waals surface area contributed by atoms with Gasteiger partial charge in [-0.1, -0.05) is 27.5 Å². The van der Waals surface area contributed by atoms with Crippen molar-refractivity contribution >= 4 is 27.5 Å². The second kappa shape index (κ2) is 6.07. The van der Waals surface area contributed by atoms with Gasteiger partial charge in [0.25, 0.3) is 0 Å². The summed E-state index contributed by atoms with van der Waals surface area (Å²) >= 11 is 9.63. The standard InChI is InChI=1S/C14H17BrClN3/c1-9(2)19-6-5-11(18-19)8-14(17)12-7-10(15)3-4-13(12)16/h3-7,9,14H,8,17H2,1-2H3. The maximum Gasteiger partial charge on any atom is 0.0643 e. The number of hydrogen-bond donors (Lipinski definition) is 1. The molecule has 0 bridgehead atoms. The van der Waals surface area contributed by atoms with Crippen molar-refractivity contribution in [1.29, 1.82) is 0 Å². The molecular weight excluding hydrogens is 326 g/mol. The maximum atomic E-state index is 6.23. The van der Waals surface area contributed by atoms with Crippen LogP contribution >= 0.6 is 27.5 Å². The summed E-state index contributed by atoms with van der Waals surface area (Å²) in [4.78, 5) is 0. The van der Waals surface area contributed by atoms with Crippen molar-refractivity contribution in [2.24, 2.45) is 5.73 Å². The second-order valence-electron chi connectivity index (χ2n) is 4.86. The molecule has 0 amide bonds. The second-order valence-corrected chi connectivity index (χ2v) is 6.18. The molecule has 19 heavy (non-hydrogen) atoms. The van der Waals surface area contributed by atoms with Crippen molar-refractivity contribution < 1.29 is 0 Å². The van der Waals surface area contributed by atoms with E-state index in [0.717, 1.165) is 15.7 Å². The highest BCUT2D eigenvalue weighted by molar-refractivity contribution is 9.10. The van der Waals surface area contributed by atoms with Crippen LogP contribution in [-0.4, -0.2) is 9.78 Å². The molecular formula is C14H17BrClN3. The van der Waals surface area contributed by atoms with Gasteiger partial charge in [0.05, 0.1) is 5.69 Å². The fourth-order valence-corrected chi connectivity index (χ4v) is 2.54. The number of nitrogens with two attached hydrogens (primary N) is 1. The Bertz CT molecular complexity index is 566. The number of nitrogens with zero attached hydrogens (tertiary/aromatic N) is 2. The van der Waals surface area contributed by atoms with Crippen LogP contribution in [0.4, 0.5) is 0 Å². The van der Waals surface area contributed by atoms with Crippen molar-refractivity contribution in [3.63, 3.8) is 0 Å². The monoisotopic (exact) mass is 341 g/mol. The van der Waals surface area contributed by atoms with Gasteiger partial charge in [-0.3, -0.25) is 4.68 Å². The van der Waals surface area contributed by atoms with E-state index in [0.29, 0.717) is 17.5 Å². The van der Waals surface area contributed by atoms with Crippen molar-refractivity contribution in [3.05, 3.63) is 51.2 Å². The predicted octanol–water partition coefficient (Wildman–Crippen LogP) is 4.12. The minimum absolute atomic E-state index is 0.152. The SMILES string of the molecule is CC(C)n1ccc(CC(N)c2cc(Br)ccc2Cl)n1. The Labute approximate surface area is 126 Å². The van der Waals surface area contributed by atoms with E-state index in [4.69, 9.17) is 17.3 Å². The van der Waals surface area contributed by atoms with E-state index in [2.05, 4.69) is 34.9 Å². The van der Waals surface area contributed by atoms with Crippen LogP contribution in [0.15, 0.2) is 34.9 Å². The number of halogens is 2. The largest absolute Gasteiger partial charge is 0.324 e. The molecule has 0 saturated carbocycles. The fourth-order valence-electron chi connectivity index (χ4n) is 1.91. The van der Waals surface area contributed by atoms with E-state index in [9.17, 15) is 0 Å². The average molecular weight is 343 g/mol. The Hall–Kier alpha value is -0.840. The highest BCUT2D eigenvalue weighted by Gasteiger charge is 2.13. The fraction of sp³-hybridized carbons (Fsp3) is 0.357. The molecule has 1 aromatic heterocycles. The molecule has 5 heteroatoms. The van der Waals surface area contributed by atoms with Gasteiger partial charge >= 0.3 is 0 Å². The van der Waals surface area contributed by atoms with Crippen molar-refractivity contribution in [1.82, 2.24) is 9.78 Å². The quantitative estimate of drug-likeness (QED) is 0.908. The van der Waals surface area contributed by atoms with Crippen LogP contribution in [0.5, 0.6) is 0 Å². The van der Waals surface area contributed by atoms with Crippen LogP contribution in [0.25, 0.3) is 0 Å². The summed E-state index contributed by atoms with van der Waals surface area (Å²) in [6.45, 7) is 4.20. The Kier molecular flexibility index (Phi) is 4.66. The molecule has 1 unspecified atom stereocenters. The molecule has 1 aromatic carbocycles. The predicted molar refractivity (Wildman–Crippen MR) is 82.4 cm³/mol. The summed E-state index contributed by atoms with van der Waals surface area (Å²) in [5.74, 6) is 0. The Morgan fingerprint density at radius 2 is 2.11 bits per heavy atom. The van der Waals surface area contributed by atoms with Crippen LogP contribution in [0.1, 0.15) is 37.2 Å². The molecule has 102 valence electrons. The lowest BCUT2D eigenvalue weighted by Crippen LogP contribution is -2.14. The van der Waals surface area contributed by atoms with Gasteiger partial charge in [0.1, 0.15) is 0 Å². The van der Waals surface area contributed by atoms with Crippen LogP contribution < -0.4 is 5.73 Å². The highest BCUT2D eigenvalue weighted by atomic mass is 79.9. The molecule has 2 aromatic rings. The zero-order valence-corrected chi connectivity index (χ0v) is 13.3. The summed E-state index contributed by atoms with van der Waals surface area (Å²) in [7, 11) is 0. The normalized spacial score (nSPS) is 12.9. The Morgan fingerprint density at radius 3 is 2.74 bits per heavy atom. The minimum Gasteiger partial charge on any atom is -0.324 e. The van der Waals surface area contributed by atoms with Gasteiger partial charge in [0.15, 0.2) is 0 Å². The first-order chi connectivity index (χ1) is 8.97. The van der Waals surface area contributed by atoms with E-state index < -0.39 is 0 Å². The zero-order chi connectivity index (χ0) is 14.0. The topological polar surface area (TPSA) is 43.8 Å². The molecule has 0 aliphatic rings. The van der Waals surface area contributed by atoms with Gasteiger partial charge in [0, 0.05) is 34.2 Å². The highest BCUT2D eigenvalue weighted by Crippen LogP contribution is 2.27.